The zero-order chi connectivity index (χ0) is 10.4. The van der Waals surface area contributed by atoms with Crippen LogP contribution in [0.15, 0.2) is 24.3 Å². The molecule has 76 valence electrons. The van der Waals surface area contributed by atoms with Crippen LogP contribution in [-0.4, -0.2) is 25.1 Å². The van der Waals surface area contributed by atoms with Crippen molar-refractivity contribution in [2.45, 2.75) is 0 Å². The Hall–Kier alpha value is -1.62. The van der Waals surface area contributed by atoms with Crippen molar-refractivity contribution in [2.24, 2.45) is 0 Å². The van der Waals surface area contributed by atoms with Gasteiger partial charge in [-0.3, -0.25) is 10.1 Å². The van der Waals surface area contributed by atoms with Crippen LogP contribution in [0.3, 0.4) is 0 Å². The van der Waals surface area contributed by atoms with Gasteiger partial charge in [0, 0.05) is 30.9 Å². The minimum atomic E-state index is -0.405. The number of anilines is 1. The summed E-state index contributed by atoms with van der Waals surface area (Å²) in [6.45, 7) is 1.66. The molecule has 0 atom stereocenters. The van der Waals surface area contributed by atoms with Crippen LogP contribution >= 0.6 is 0 Å². The van der Waals surface area contributed by atoms with Gasteiger partial charge in [0.15, 0.2) is 0 Å². The van der Waals surface area contributed by atoms with Crippen molar-refractivity contribution in [2.75, 3.05) is 25.5 Å². The molecule has 1 aromatic carbocycles. The molecule has 0 saturated carbocycles. The molecule has 0 saturated heterocycles. The van der Waals surface area contributed by atoms with Gasteiger partial charge in [-0.1, -0.05) is 0 Å². The molecule has 0 amide bonds. The van der Waals surface area contributed by atoms with E-state index in [0.717, 1.165) is 18.8 Å². The van der Waals surface area contributed by atoms with Crippen molar-refractivity contribution >= 4 is 11.4 Å². The normalized spacial score (nSPS) is 9.79. The van der Waals surface area contributed by atoms with E-state index < -0.39 is 4.92 Å². The standard InChI is InChI=1S/C9H13N3O2/c1-10-6-7-11-8-2-4-9(5-3-8)12(13)14/h2-5,10-11H,6-7H2,1H3. The van der Waals surface area contributed by atoms with E-state index in [2.05, 4.69) is 10.6 Å². The van der Waals surface area contributed by atoms with E-state index in [0.29, 0.717) is 0 Å². The van der Waals surface area contributed by atoms with Gasteiger partial charge in [0.1, 0.15) is 0 Å². The number of nitrogens with zero attached hydrogens (tertiary/aromatic N) is 1. The summed E-state index contributed by atoms with van der Waals surface area (Å²) in [6, 6.07) is 6.38. The van der Waals surface area contributed by atoms with Crippen LogP contribution in [-0.2, 0) is 0 Å². The predicted molar refractivity (Wildman–Crippen MR) is 55.5 cm³/mol. The maximum atomic E-state index is 10.3. The van der Waals surface area contributed by atoms with E-state index >= 15 is 0 Å². The Kier molecular flexibility index (Phi) is 3.87. The maximum absolute atomic E-state index is 10.3. The van der Waals surface area contributed by atoms with Crippen molar-refractivity contribution in [1.82, 2.24) is 5.32 Å². The fraction of sp³-hybridized carbons (Fsp3) is 0.333. The molecule has 0 aliphatic rings. The molecule has 0 bridgehead atoms. The van der Waals surface area contributed by atoms with Crippen LogP contribution in [0, 0.1) is 10.1 Å². The number of likely N-dealkylation sites (N-methyl/N-ethyl adjacent to an activating group) is 1. The third kappa shape index (κ3) is 3.02. The first-order chi connectivity index (χ1) is 6.74. The van der Waals surface area contributed by atoms with E-state index in [1.54, 1.807) is 12.1 Å². The molecule has 5 heteroatoms. The van der Waals surface area contributed by atoms with Gasteiger partial charge in [0.05, 0.1) is 4.92 Å². The Bertz CT molecular complexity index is 297. The second kappa shape index (κ2) is 5.18. The lowest BCUT2D eigenvalue weighted by Crippen LogP contribution is -2.17. The summed E-state index contributed by atoms with van der Waals surface area (Å²) in [4.78, 5) is 9.94. The highest BCUT2D eigenvalue weighted by Gasteiger charge is 2.02. The number of non-ortho nitro benzene ring substituents is 1. The third-order valence-corrected chi connectivity index (χ3v) is 1.78. The van der Waals surface area contributed by atoms with Crippen LogP contribution in [0.4, 0.5) is 11.4 Å². The molecule has 0 unspecified atom stereocenters. The summed E-state index contributed by atoms with van der Waals surface area (Å²) in [5, 5.41) is 16.5. The lowest BCUT2D eigenvalue weighted by Gasteiger charge is -2.04. The molecule has 0 aliphatic heterocycles. The Morgan fingerprint density at radius 3 is 2.43 bits per heavy atom. The molecule has 0 spiro atoms. The fourth-order valence-corrected chi connectivity index (χ4v) is 1.03. The van der Waals surface area contributed by atoms with Crippen molar-refractivity contribution < 1.29 is 4.92 Å². The molecule has 0 fully saturated rings. The van der Waals surface area contributed by atoms with Gasteiger partial charge in [-0.15, -0.1) is 0 Å². The highest BCUT2D eigenvalue weighted by molar-refractivity contribution is 5.48. The number of nitro benzene ring substituents is 1. The summed E-state index contributed by atoms with van der Waals surface area (Å²) in [5.41, 5.74) is 1.01. The minimum absolute atomic E-state index is 0.115. The fourth-order valence-electron chi connectivity index (χ4n) is 1.03. The van der Waals surface area contributed by atoms with Gasteiger partial charge < -0.3 is 10.6 Å². The molecular weight excluding hydrogens is 182 g/mol. The summed E-state index contributed by atoms with van der Waals surface area (Å²) in [6.07, 6.45) is 0. The smallest absolute Gasteiger partial charge is 0.269 e. The van der Waals surface area contributed by atoms with E-state index in [1.165, 1.54) is 12.1 Å². The predicted octanol–water partition coefficient (Wildman–Crippen LogP) is 1.23. The Morgan fingerprint density at radius 1 is 1.29 bits per heavy atom. The third-order valence-electron chi connectivity index (χ3n) is 1.78. The van der Waals surface area contributed by atoms with E-state index in [1.807, 2.05) is 7.05 Å². The molecule has 14 heavy (non-hydrogen) atoms. The van der Waals surface area contributed by atoms with Gasteiger partial charge >= 0.3 is 0 Å². The minimum Gasteiger partial charge on any atom is -0.384 e. The summed E-state index contributed by atoms with van der Waals surface area (Å²) in [5.74, 6) is 0. The van der Waals surface area contributed by atoms with Gasteiger partial charge in [-0.2, -0.15) is 0 Å². The molecule has 1 rings (SSSR count). The Labute approximate surface area is 82.3 Å². The average molecular weight is 195 g/mol. The summed E-state index contributed by atoms with van der Waals surface area (Å²) >= 11 is 0. The lowest BCUT2D eigenvalue weighted by molar-refractivity contribution is -0.384. The number of nitro groups is 1. The zero-order valence-electron chi connectivity index (χ0n) is 7.99. The molecule has 0 aromatic heterocycles. The van der Waals surface area contributed by atoms with E-state index in [9.17, 15) is 10.1 Å². The molecule has 1 aromatic rings. The topological polar surface area (TPSA) is 67.2 Å². The van der Waals surface area contributed by atoms with Crippen molar-refractivity contribution in [3.63, 3.8) is 0 Å². The first-order valence-corrected chi connectivity index (χ1v) is 4.37. The number of rotatable bonds is 5. The average Bonchev–Trinajstić information content (AvgIpc) is 2.19. The number of benzene rings is 1. The highest BCUT2D eigenvalue weighted by Crippen LogP contribution is 2.14. The Balaban J connectivity index is 2.51. The molecule has 0 heterocycles. The molecule has 0 aliphatic carbocycles. The first kappa shape index (κ1) is 10.5. The van der Waals surface area contributed by atoms with Crippen LogP contribution < -0.4 is 10.6 Å². The number of hydrogen-bond donors (Lipinski definition) is 2. The van der Waals surface area contributed by atoms with Gasteiger partial charge in [-0.05, 0) is 19.2 Å². The van der Waals surface area contributed by atoms with Crippen molar-refractivity contribution in [3.05, 3.63) is 34.4 Å². The summed E-state index contributed by atoms with van der Waals surface area (Å²) in [7, 11) is 1.87. The van der Waals surface area contributed by atoms with Gasteiger partial charge in [0.25, 0.3) is 5.69 Å². The Morgan fingerprint density at radius 2 is 1.93 bits per heavy atom. The molecular formula is C9H13N3O2. The monoisotopic (exact) mass is 195 g/mol. The number of nitrogens with one attached hydrogen (secondary N) is 2. The molecule has 0 radical (unpaired) electrons. The second-order valence-electron chi connectivity index (χ2n) is 2.83. The SMILES string of the molecule is CNCCNc1ccc([N+](=O)[O-])cc1. The molecule has 5 nitrogen and oxygen atoms in total. The van der Waals surface area contributed by atoms with Crippen molar-refractivity contribution in [1.29, 1.82) is 0 Å². The van der Waals surface area contributed by atoms with E-state index in [4.69, 9.17) is 0 Å². The van der Waals surface area contributed by atoms with Gasteiger partial charge in [0.2, 0.25) is 0 Å². The summed E-state index contributed by atoms with van der Waals surface area (Å²) < 4.78 is 0. The zero-order valence-corrected chi connectivity index (χ0v) is 7.99. The number of hydrogen-bond acceptors (Lipinski definition) is 4. The van der Waals surface area contributed by atoms with Crippen LogP contribution in [0.2, 0.25) is 0 Å². The molecule has 2 N–H and O–H groups in total. The lowest BCUT2D eigenvalue weighted by atomic mass is 10.3. The van der Waals surface area contributed by atoms with E-state index in [-0.39, 0.29) is 5.69 Å². The second-order valence-corrected chi connectivity index (χ2v) is 2.83. The van der Waals surface area contributed by atoms with Gasteiger partial charge in [-0.25, -0.2) is 0 Å². The van der Waals surface area contributed by atoms with Crippen molar-refractivity contribution in [3.8, 4) is 0 Å². The maximum Gasteiger partial charge on any atom is 0.269 e. The largest absolute Gasteiger partial charge is 0.384 e. The van der Waals surface area contributed by atoms with Crippen LogP contribution in [0.5, 0.6) is 0 Å². The quantitative estimate of drug-likeness (QED) is 0.421. The van der Waals surface area contributed by atoms with Crippen LogP contribution in [0.25, 0.3) is 0 Å². The first-order valence-electron chi connectivity index (χ1n) is 4.37. The van der Waals surface area contributed by atoms with Crippen LogP contribution in [0.1, 0.15) is 0 Å². The highest BCUT2D eigenvalue weighted by atomic mass is 16.6.